The van der Waals surface area contributed by atoms with Gasteiger partial charge in [-0.15, -0.1) is 0 Å². The molecular formula is C25H28F3N7O3. The number of hydrogen-bond donors (Lipinski definition) is 1. The fourth-order valence-corrected chi connectivity index (χ4v) is 4.70. The van der Waals surface area contributed by atoms with Gasteiger partial charge < -0.3 is 24.4 Å². The summed E-state index contributed by atoms with van der Waals surface area (Å²) in [5, 5.41) is 15.7. The lowest BCUT2D eigenvalue weighted by Crippen LogP contribution is -2.30. The Morgan fingerprint density at radius 2 is 1.87 bits per heavy atom. The van der Waals surface area contributed by atoms with Gasteiger partial charge in [-0.25, -0.2) is 9.97 Å². The highest BCUT2D eigenvalue weighted by Gasteiger charge is 2.30. The lowest BCUT2D eigenvalue weighted by molar-refractivity contribution is -0.142. The number of ether oxygens (including phenoxy) is 2. The average Bonchev–Trinajstić information content (AvgIpc) is 3.37. The van der Waals surface area contributed by atoms with Crippen LogP contribution < -0.4 is 14.4 Å². The van der Waals surface area contributed by atoms with Gasteiger partial charge in [0.25, 0.3) is 5.88 Å². The Morgan fingerprint density at radius 3 is 2.61 bits per heavy atom. The van der Waals surface area contributed by atoms with Gasteiger partial charge in [0, 0.05) is 37.6 Å². The molecule has 0 unspecified atom stereocenters. The molecule has 0 saturated carbocycles. The molecule has 0 spiro atoms. The summed E-state index contributed by atoms with van der Waals surface area (Å²) >= 11 is 0. The van der Waals surface area contributed by atoms with E-state index in [4.69, 9.17) is 14.5 Å². The number of likely N-dealkylation sites (N-methyl/N-ethyl adjacent to an activating group) is 1. The van der Waals surface area contributed by atoms with Gasteiger partial charge >= 0.3 is 6.18 Å². The molecule has 13 heteroatoms. The van der Waals surface area contributed by atoms with Gasteiger partial charge in [0.15, 0.2) is 5.75 Å². The summed E-state index contributed by atoms with van der Waals surface area (Å²) in [7, 11) is 5.06. The smallest absolute Gasteiger partial charge is 0.408 e. The molecular weight excluding hydrogens is 503 g/mol. The first-order valence-electron chi connectivity index (χ1n) is 12.0. The fourth-order valence-electron chi connectivity index (χ4n) is 4.70. The number of pyridine rings is 2. The van der Waals surface area contributed by atoms with Crippen LogP contribution in [0.2, 0.25) is 0 Å². The molecule has 38 heavy (non-hydrogen) atoms. The molecule has 5 heterocycles. The van der Waals surface area contributed by atoms with Gasteiger partial charge in [0.2, 0.25) is 5.88 Å². The molecule has 1 N–H and O–H groups in total. The number of rotatable bonds is 6. The first-order valence-corrected chi connectivity index (χ1v) is 12.0. The van der Waals surface area contributed by atoms with Gasteiger partial charge in [0.1, 0.15) is 17.9 Å². The normalized spacial score (nSPS) is 15.2. The number of anilines is 1. The highest BCUT2D eigenvalue weighted by Crippen LogP contribution is 2.41. The minimum absolute atomic E-state index is 0.122. The third-order valence-electron chi connectivity index (χ3n) is 6.54. The molecule has 4 aromatic heterocycles. The lowest BCUT2D eigenvalue weighted by Gasteiger charge is -2.24. The van der Waals surface area contributed by atoms with E-state index in [0.29, 0.717) is 58.4 Å². The molecule has 4 aromatic rings. The van der Waals surface area contributed by atoms with Crippen molar-refractivity contribution in [1.29, 1.82) is 0 Å². The molecule has 1 fully saturated rings. The van der Waals surface area contributed by atoms with Crippen LogP contribution in [-0.4, -0.2) is 87.9 Å². The maximum atomic E-state index is 13.0. The Balaban J connectivity index is 1.67. The molecule has 1 aliphatic heterocycles. The lowest BCUT2D eigenvalue weighted by atomic mass is 10.1. The van der Waals surface area contributed by atoms with Crippen LogP contribution in [0.25, 0.3) is 27.8 Å². The van der Waals surface area contributed by atoms with Crippen LogP contribution in [0.3, 0.4) is 0 Å². The minimum Gasteiger partial charge on any atom is -0.494 e. The summed E-state index contributed by atoms with van der Waals surface area (Å²) < 4.78 is 52.0. The van der Waals surface area contributed by atoms with Crippen LogP contribution in [0.4, 0.5) is 19.0 Å². The highest BCUT2D eigenvalue weighted by molar-refractivity contribution is 5.97. The first-order chi connectivity index (χ1) is 18.2. The predicted molar refractivity (Wildman–Crippen MR) is 135 cm³/mol. The molecule has 0 amide bonds. The third kappa shape index (κ3) is 4.93. The second kappa shape index (κ2) is 10.0. The zero-order valence-electron chi connectivity index (χ0n) is 21.2. The number of aromatic nitrogens is 5. The van der Waals surface area contributed by atoms with E-state index >= 15 is 0 Å². The number of methoxy groups -OCH3 is 2. The number of aromatic hydroxyl groups is 1. The van der Waals surface area contributed by atoms with Crippen molar-refractivity contribution >= 4 is 16.7 Å². The summed E-state index contributed by atoms with van der Waals surface area (Å²) in [5.74, 6) is 1.25. The van der Waals surface area contributed by atoms with E-state index in [9.17, 15) is 18.3 Å². The Morgan fingerprint density at radius 1 is 1.05 bits per heavy atom. The summed E-state index contributed by atoms with van der Waals surface area (Å²) in [6, 6.07) is 5.26. The molecule has 0 aromatic carbocycles. The fraction of sp³-hybridized carbons (Fsp3) is 0.400. The van der Waals surface area contributed by atoms with Gasteiger partial charge in [-0.2, -0.15) is 18.3 Å². The average molecular weight is 532 g/mol. The van der Waals surface area contributed by atoms with Crippen molar-refractivity contribution < 1.29 is 27.8 Å². The van der Waals surface area contributed by atoms with E-state index < -0.39 is 12.7 Å². The molecule has 0 aliphatic carbocycles. The van der Waals surface area contributed by atoms with E-state index in [1.807, 2.05) is 7.05 Å². The van der Waals surface area contributed by atoms with Gasteiger partial charge in [-0.3, -0.25) is 9.25 Å². The van der Waals surface area contributed by atoms with Crippen molar-refractivity contribution in [2.24, 2.45) is 0 Å². The predicted octanol–water partition coefficient (Wildman–Crippen LogP) is 3.71. The van der Waals surface area contributed by atoms with Crippen LogP contribution >= 0.6 is 0 Å². The van der Waals surface area contributed by atoms with Crippen molar-refractivity contribution in [3.63, 3.8) is 0 Å². The standard InChI is InChI=1S/C25H28F3N7O3/c1-32-7-4-8-33(10-9-32)23-21-18(24(36)35(23)17-13-30-34(14-17)15-25(26,27)28)5-6-19(31-21)16-11-20(37-2)22(38-3)29-12-16/h5-6,11-14,36H,4,7-10,15H2,1-3H3. The molecule has 0 atom stereocenters. The van der Waals surface area contributed by atoms with E-state index in [1.54, 1.807) is 24.4 Å². The van der Waals surface area contributed by atoms with Crippen LogP contribution in [0.15, 0.2) is 36.8 Å². The topological polar surface area (TPSA) is 93.7 Å². The number of hydrogen-bond acceptors (Lipinski definition) is 8. The maximum absolute atomic E-state index is 13.0. The summed E-state index contributed by atoms with van der Waals surface area (Å²) in [4.78, 5) is 13.5. The number of alkyl halides is 3. The molecule has 0 radical (unpaired) electrons. The largest absolute Gasteiger partial charge is 0.494 e. The van der Waals surface area contributed by atoms with Crippen molar-refractivity contribution in [1.82, 2.24) is 29.2 Å². The zero-order valence-corrected chi connectivity index (χ0v) is 21.2. The monoisotopic (exact) mass is 531 g/mol. The second-order valence-corrected chi connectivity index (χ2v) is 9.17. The number of nitrogens with zero attached hydrogens (tertiary/aromatic N) is 7. The Kier molecular flexibility index (Phi) is 6.78. The molecule has 5 rings (SSSR count). The molecule has 0 bridgehead atoms. The van der Waals surface area contributed by atoms with E-state index in [2.05, 4.69) is 19.9 Å². The highest BCUT2D eigenvalue weighted by atomic mass is 19.4. The first kappa shape index (κ1) is 25.6. The SMILES string of the molecule is COc1cc(-c2ccc3c(O)n(-c4cnn(CC(F)(F)F)c4)c(N4CCCN(C)CC4)c3n2)cnc1OC. The van der Waals surface area contributed by atoms with Crippen LogP contribution in [0, 0.1) is 0 Å². The van der Waals surface area contributed by atoms with E-state index in [0.717, 1.165) is 24.2 Å². The quantitative estimate of drug-likeness (QED) is 0.403. The number of fused-ring (bicyclic) bond motifs is 1. The third-order valence-corrected chi connectivity index (χ3v) is 6.54. The van der Waals surface area contributed by atoms with E-state index in [-0.39, 0.29) is 5.88 Å². The summed E-state index contributed by atoms with van der Waals surface area (Å²) in [5.41, 5.74) is 2.09. The molecule has 202 valence electrons. The Labute approximate surface area is 216 Å². The van der Waals surface area contributed by atoms with Crippen LogP contribution in [0.5, 0.6) is 17.5 Å². The van der Waals surface area contributed by atoms with Gasteiger partial charge in [-0.05, 0) is 38.2 Å². The molecule has 10 nitrogen and oxygen atoms in total. The second-order valence-electron chi connectivity index (χ2n) is 9.17. The van der Waals surface area contributed by atoms with E-state index in [1.165, 1.54) is 31.2 Å². The van der Waals surface area contributed by atoms with Gasteiger partial charge in [-0.1, -0.05) is 0 Å². The molecule has 1 saturated heterocycles. The molecule has 1 aliphatic rings. The van der Waals surface area contributed by atoms with Crippen LogP contribution in [-0.2, 0) is 6.54 Å². The van der Waals surface area contributed by atoms with Crippen molar-refractivity contribution in [3.05, 3.63) is 36.8 Å². The minimum atomic E-state index is -4.42. The van der Waals surface area contributed by atoms with Crippen LogP contribution in [0.1, 0.15) is 6.42 Å². The maximum Gasteiger partial charge on any atom is 0.408 e. The Hall–Kier alpha value is -4.00. The summed E-state index contributed by atoms with van der Waals surface area (Å²) in [6.07, 6.45) is 0.662. The van der Waals surface area contributed by atoms with Crippen molar-refractivity contribution in [2.45, 2.75) is 19.1 Å². The van der Waals surface area contributed by atoms with Gasteiger partial charge in [0.05, 0.1) is 37.2 Å². The van der Waals surface area contributed by atoms with Crippen molar-refractivity contribution in [2.75, 3.05) is 52.3 Å². The van der Waals surface area contributed by atoms with Crippen molar-refractivity contribution in [3.8, 4) is 34.5 Å². The number of halogens is 3. The zero-order chi connectivity index (χ0) is 27.0. The summed E-state index contributed by atoms with van der Waals surface area (Å²) in [6.45, 7) is 1.78. The Bertz CT molecular complexity index is 1450.